The molecule has 4 heterocycles. The number of aromatic nitrogens is 3. The van der Waals surface area contributed by atoms with Crippen molar-refractivity contribution in [1.82, 2.24) is 19.0 Å². The van der Waals surface area contributed by atoms with Gasteiger partial charge in [-0.15, -0.1) is 0 Å². The van der Waals surface area contributed by atoms with Gasteiger partial charge in [-0.3, -0.25) is 14.4 Å². The third-order valence-corrected chi connectivity index (χ3v) is 7.71. The number of aryl methyl sites for hydroxylation is 1. The molecule has 1 fully saturated rings. The first-order valence-corrected chi connectivity index (χ1v) is 11.5. The average molecular weight is 519 g/mol. The molecule has 3 aromatic rings. The number of nitrogens with zero attached hydrogens (tertiary/aromatic N) is 4. The fourth-order valence-electron chi connectivity index (χ4n) is 5.41. The summed E-state index contributed by atoms with van der Waals surface area (Å²) >= 11 is 5.84. The van der Waals surface area contributed by atoms with E-state index in [9.17, 15) is 27.6 Å². The Morgan fingerprint density at radius 1 is 1.17 bits per heavy atom. The lowest BCUT2D eigenvalue weighted by Crippen LogP contribution is -2.48. The van der Waals surface area contributed by atoms with Gasteiger partial charge in [-0.1, -0.05) is 11.6 Å². The minimum absolute atomic E-state index is 0.0633. The zero-order chi connectivity index (χ0) is 25.8. The predicted octanol–water partition coefficient (Wildman–Crippen LogP) is 3.14. The van der Waals surface area contributed by atoms with Crippen molar-refractivity contribution >= 4 is 23.3 Å². The number of hydrogen-bond acceptors (Lipinski definition) is 5. The van der Waals surface area contributed by atoms with Gasteiger partial charge in [0.1, 0.15) is 22.5 Å². The summed E-state index contributed by atoms with van der Waals surface area (Å²) in [4.78, 5) is 44.9. The van der Waals surface area contributed by atoms with Crippen LogP contribution in [0.5, 0.6) is 5.75 Å². The normalized spacial score (nSPS) is 24.3. The van der Waals surface area contributed by atoms with Crippen LogP contribution >= 0.6 is 11.6 Å². The molecule has 0 saturated heterocycles. The largest absolute Gasteiger partial charge is 0.478 e. The molecule has 6 rings (SSSR count). The smallest absolute Gasteiger partial charge is 0.417 e. The number of rotatable bonds is 3. The number of ketones is 1. The molecule has 1 amide bonds. The van der Waals surface area contributed by atoms with Crippen LogP contribution in [-0.2, 0) is 22.9 Å². The first kappa shape index (κ1) is 22.8. The Bertz CT molecular complexity index is 1560. The van der Waals surface area contributed by atoms with E-state index in [1.54, 1.807) is 17.7 Å². The molecule has 2 aromatic heterocycles. The Balaban J connectivity index is 1.36. The van der Waals surface area contributed by atoms with Crippen molar-refractivity contribution in [2.24, 2.45) is 0 Å². The molecule has 2 aliphatic heterocycles. The van der Waals surface area contributed by atoms with Gasteiger partial charge in [-0.05, 0) is 38.1 Å². The monoisotopic (exact) mass is 518 g/mol. The summed E-state index contributed by atoms with van der Waals surface area (Å²) in [5, 5.41) is -0.528. The number of benzene rings is 1. The first-order valence-electron chi connectivity index (χ1n) is 11.1. The molecule has 1 saturated carbocycles. The average Bonchev–Trinajstić information content (AvgIpc) is 3.11. The molecule has 8 nitrogen and oxygen atoms in total. The van der Waals surface area contributed by atoms with Crippen LogP contribution < -0.4 is 10.3 Å². The van der Waals surface area contributed by atoms with Crippen molar-refractivity contribution in [2.75, 3.05) is 13.1 Å². The third kappa shape index (κ3) is 2.83. The SMILES string of the molecule is Cc1cn(-c2ccc3n(c2=O)CCN(C[C@@]24C(=O)[C@]2(C)Oc2cc(Cl)c(C(F)(F)F)cc24)C3=O)cn1. The van der Waals surface area contributed by atoms with Gasteiger partial charge in [0.25, 0.3) is 11.5 Å². The van der Waals surface area contributed by atoms with E-state index >= 15 is 0 Å². The van der Waals surface area contributed by atoms with Crippen molar-refractivity contribution in [3.05, 3.63) is 74.7 Å². The van der Waals surface area contributed by atoms with Gasteiger partial charge in [-0.2, -0.15) is 13.2 Å². The Morgan fingerprint density at radius 3 is 2.58 bits per heavy atom. The third-order valence-electron chi connectivity index (χ3n) is 7.39. The molecular formula is C24H18ClF3N4O4. The Hall–Kier alpha value is -3.60. The minimum atomic E-state index is -4.73. The van der Waals surface area contributed by atoms with Crippen LogP contribution in [0.25, 0.3) is 5.69 Å². The zero-order valence-electron chi connectivity index (χ0n) is 19.0. The summed E-state index contributed by atoms with van der Waals surface area (Å²) in [6.07, 6.45) is -1.53. The van der Waals surface area contributed by atoms with Crippen molar-refractivity contribution in [1.29, 1.82) is 0 Å². The van der Waals surface area contributed by atoms with Crippen LogP contribution in [0.3, 0.4) is 0 Å². The molecule has 2 atom stereocenters. The summed E-state index contributed by atoms with van der Waals surface area (Å²) in [5.74, 6) is -0.808. The topological polar surface area (TPSA) is 86.4 Å². The van der Waals surface area contributed by atoms with Gasteiger partial charge in [0, 0.05) is 31.4 Å². The lowest BCUT2D eigenvalue weighted by atomic mass is 9.90. The summed E-state index contributed by atoms with van der Waals surface area (Å²) < 4.78 is 49.3. The number of fused-ring (bicyclic) bond motifs is 4. The van der Waals surface area contributed by atoms with Crippen LogP contribution in [0, 0.1) is 6.92 Å². The van der Waals surface area contributed by atoms with Gasteiger partial charge in [-0.25, -0.2) is 4.98 Å². The second kappa shape index (κ2) is 7.00. The molecule has 36 heavy (non-hydrogen) atoms. The number of alkyl halides is 3. The highest BCUT2D eigenvalue weighted by atomic mass is 35.5. The van der Waals surface area contributed by atoms with Gasteiger partial charge >= 0.3 is 6.18 Å². The molecule has 3 aliphatic rings. The maximum absolute atomic E-state index is 13.5. The highest BCUT2D eigenvalue weighted by Gasteiger charge is 2.82. The van der Waals surface area contributed by atoms with E-state index < -0.39 is 39.5 Å². The van der Waals surface area contributed by atoms with Crippen molar-refractivity contribution < 1.29 is 27.5 Å². The first-order chi connectivity index (χ1) is 16.9. The van der Waals surface area contributed by atoms with E-state index in [4.69, 9.17) is 16.3 Å². The summed E-state index contributed by atoms with van der Waals surface area (Å²) in [6.45, 7) is 3.37. The fourth-order valence-corrected chi connectivity index (χ4v) is 5.67. The standard InChI is InChI=1S/C24H18ClF3N4O4/c1-12-9-31(11-29-12)16-3-4-17-19(33)30(5-6-32(17)20(16)34)10-23-14-7-13(24(26,27)28)15(25)8-18(14)36-22(23,2)21(23)35/h3-4,7-9,11H,5-6,10H2,1-2H3/t22-,23+/m0/s1. The lowest BCUT2D eigenvalue weighted by Gasteiger charge is -2.32. The molecule has 12 heteroatoms. The van der Waals surface area contributed by atoms with Crippen LogP contribution in [0.4, 0.5) is 13.2 Å². The van der Waals surface area contributed by atoms with E-state index in [-0.39, 0.29) is 42.2 Å². The van der Waals surface area contributed by atoms with Crippen LogP contribution in [0.15, 0.2) is 41.6 Å². The minimum Gasteiger partial charge on any atom is -0.478 e. The molecule has 0 spiro atoms. The maximum Gasteiger partial charge on any atom is 0.417 e. The van der Waals surface area contributed by atoms with Crippen LogP contribution in [-0.4, -0.2) is 49.4 Å². The number of imidazole rings is 1. The van der Waals surface area contributed by atoms with Gasteiger partial charge in [0.2, 0.25) is 0 Å². The Morgan fingerprint density at radius 2 is 1.92 bits per heavy atom. The number of Topliss-reactive ketones (excluding diaryl/α,β-unsaturated/α-hetero) is 1. The quantitative estimate of drug-likeness (QED) is 0.532. The number of pyridine rings is 1. The Labute approximate surface area is 206 Å². The molecule has 0 radical (unpaired) electrons. The van der Waals surface area contributed by atoms with Gasteiger partial charge in [0.15, 0.2) is 11.4 Å². The zero-order valence-corrected chi connectivity index (χ0v) is 19.8. The van der Waals surface area contributed by atoms with Crippen LogP contribution in [0.1, 0.15) is 34.2 Å². The van der Waals surface area contributed by atoms with E-state index in [0.29, 0.717) is 5.69 Å². The van der Waals surface area contributed by atoms with Gasteiger partial charge < -0.3 is 18.8 Å². The highest BCUT2D eigenvalue weighted by molar-refractivity contribution is 6.32. The second-order valence-electron chi connectivity index (χ2n) is 9.41. The molecule has 0 bridgehead atoms. The molecule has 0 N–H and O–H groups in total. The Kier molecular flexibility index (Phi) is 4.44. The van der Waals surface area contributed by atoms with Crippen molar-refractivity contribution in [3.8, 4) is 11.4 Å². The van der Waals surface area contributed by atoms with E-state index in [1.807, 2.05) is 0 Å². The van der Waals surface area contributed by atoms with Crippen molar-refractivity contribution in [2.45, 2.75) is 37.6 Å². The second-order valence-corrected chi connectivity index (χ2v) is 9.81. The fraction of sp³-hybridized carbons (Fsp3) is 0.333. The number of carbonyl (C=O) groups excluding carboxylic acids is 2. The number of carbonyl (C=O) groups is 2. The molecule has 1 aromatic carbocycles. The number of halogens is 4. The molecule has 0 unspecified atom stereocenters. The highest BCUT2D eigenvalue weighted by Crippen LogP contribution is 2.64. The molecular weight excluding hydrogens is 501 g/mol. The maximum atomic E-state index is 13.5. The van der Waals surface area contributed by atoms with Gasteiger partial charge in [0.05, 0.1) is 22.6 Å². The van der Waals surface area contributed by atoms with E-state index in [1.165, 1.54) is 34.9 Å². The lowest BCUT2D eigenvalue weighted by molar-refractivity contribution is -0.137. The van der Waals surface area contributed by atoms with E-state index in [2.05, 4.69) is 4.98 Å². The van der Waals surface area contributed by atoms with Crippen molar-refractivity contribution in [3.63, 3.8) is 0 Å². The predicted molar refractivity (Wildman–Crippen MR) is 121 cm³/mol. The van der Waals surface area contributed by atoms with Crippen LogP contribution in [0.2, 0.25) is 5.02 Å². The summed E-state index contributed by atoms with van der Waals surface area (Å²) in [5.41, 5.74) is -3.04. The number of hydrogen-bond donors (Lipinski definition) is 0. The van der Waals surface area contributed by atoms with E-state index in [0.717, 1.165) is 17.8 Å². The molecule has 1 aliphatic carbocycles. The number of ether oxygens (including phenoxy) is 1. The summed E-state index contributed by atoms with van der Waals surface area (Å²) in [6, 6.07) is 4.96. The number of amides is 1. The molecule has 186 valence electrons. The summed E-state index contributed by atoms with van der Waals surface area (Å²) in [7, 11) is 0.